The van der Waals surface area contributed by atoms with Crippen LogP contribution in [-0.4, -0.2) is 20.9 Å². The van der Waals surface area contributed by atoms with Crippen LogP contribution in [0.5, 0.6) is 0 Å². The van der Waals surface area contributed by atoms with Gasteiger partial charge in [-0.05, 0) is 19.4 Å². The maximum Gasteiger partial charge on any atom is 0.328 e. The summed E-state index contributed by atoms with van der Waals surface area (Å²) in [7, 11) is 1.87. The number of hydrogen-bond donors (Lipinski definition) is 1. The van der Waals surface area contributed by atoms with Gasteiger partial charge in [0, 0.05) is 24.4 Å². The van der Waals surface area contributed by atoms with Gasteiger partial charge in [0.2, 0.25) is 0 Å². The molecule has 0 aromatic carbocycles. The first kappa shape index (κ1) is 11.2. The average Bonchev–Trinajstić information content (AvgIpc) is 2.44. The molecule has 1 N–H and O–H groups in total. The summed E-state index contributed by atoms with van der Waals surface area (Å²) >= 11 is 0. The first-order chi connectivity index (χ1) is 7.00. The van der Waals surface area contributed by atoms with E-state index in [1.807, 2.05) is 20.0 Å². The lowest BCUT2D eigenvalue weighted by Crippen LogP contribution is -1.92. The van der Waals surface area contributed by atoms with Crippen LogP contribution in [0.15, 0.2) is 23.9 Å². The highest BCUT2D eigenvalue weighted by molar-refractivity contribution is 5.81. The molecule has 0 aliphatic carbocycles. The normalized spacial score (nSPS) is 12.3. The molecule has 0 atom stereocenters. The Morgan fingerprint density at radius 1 is 1.60 bits per heavy atom. The highest BCUT2D eigenvalue weighted by atomic mass is 16.4. The molecule has 0 amide bonds. The smallest absolute Gasteiger partial charge is 0.328 e. The van der Waals surface area contributed by atoms with Crippen LogP contribution in [0.2, 0.25) is 0 Å². The number of rotatable bonds is 3. The Balaban J connectivity index is 2.82. The summed E-state index contributed by atoms with van der Waals surface area (Å²) in [4.78, 5) is 10.4. The number of hydrogen-bond acceptors (Lipinski definition) is 2. The van der Waals surface area contributed by atoms with E-state index < -0.39 is 5.97 Å². The molecule has 1 aromatic rings. The molecule has 0 aliphatic heterocycles. The van der Waals surface area contributed by atoms with Gasteiger partial charge in [-0.2, -0.15) is 5.10 Å². The molecule has 80 valence electrons. The van der Waals surface area contributed by atoms with Gasteiger partial charge in [0.05, 0.1) is 6.20 Å². The lowest BCUT2D eigenvalue weighted by molar-refractivity contribution is -0.131. The van der Waals surface area contributed by atoms with Gasteiger partial charge in [0.15, 0.2) is 0 Å². The predicted molar refractivity (Wildman–Crippen MR) is 58.4 cm³/mol. The van der Waals surface area contributed by atoms with E-state index in [4.69, 9.17) is 5.11 Å². The fourth-order valence-electron chi connectivity index (χ4n) is 1.14. The summed E-state index contributed by atoms with van der Waals surface area (Å²) in [5, 5.41) is 12.6. The van der Waals surface area contributed by atoms with Crippen LogP contribution in [0, 0.1) is 6.92 Å². The Morgan fingerprint density at radius 3 is 2.73 bits per heavy atom. The fraction of sp³-hybridized carbons (Fsp3) is 0.273. The maximum absolute atomic E-state index is 10.4. The lowest BCUT2D eigenvalue weighted by atomic mass is 10.2. The van der Waals surface area contributed by atoms with E-state index in [2.05, 4.69) is 5.10 Å². The summed E-state index contributed by atoms with van der Waals surface area (Å²) in [5.41, 5.74) is 2.75. The molecule has 15 heavy (non-hydrogen) atoms. The van der Waals surface area contributed by atoms with Crippen LogP contribution in [0.1, 0.15) is 18.2 Å². The van der Waals surface area contributed by atoms with Crippen molar-refractivity contribution in [2.75, 3.05) is 0 Å². The third kappa shape index (κ3) is 3.09. The number of allylic oxidation sites excluding steroid dienone is 2. The van der Waals surface area contributed by atoms with Crippen molar-refractivity contribution in [2.24, 2.45) is 7.05 Å². The van der Waals surface area contributed by atoms with Crippen LogP contribution >= 0.6 is 0 Å². The standard InChI is InChI=1S/C11H14N2O2/c1-8(6-11(14)15)4-5-10-7-12-13(3)9(10)2/h4-7H,1-3H3,(H,14,15)/b5-4+,8-6-. The molecule has 0 aliphatic rings. The van der Waals surface area contributed by atoms with Gasteiger partial charge < -0.3 is 5.11 Å². The number of carboxylic acid groups (broad SMARTS) is 1. The number of carbonyl (C=O) groups is 1. The minimum absolute atomic E-state index is 0.700. The topological polar surface area (TPSA) is 55.1 Å². The van der Waals surface area contributed by atoms with Gasteiger partial charge in [-0.3, -0.25) is 4.68 Å². The Bertz CT molecular complexity index is 428. The van der Waals surface area contributed by atoms with Gasteiger partial charge in [0.1, 0.15) is 0 Å². The SMILES string of the molecule is CC(=C/C(=O)O)/C=C/c1cnn(C)c1C. The fourth-order valence-corrected chi connectivity index (χ4v) is 1.14. The highest BCUT2D eigenvalue weighted by Gasteiger charge is 1.98. The van der Waals surface area contributed by atoms with E-state index in [-0.39, 0.29) is 0 Å². The Morgan fingerprint density at radius 2 is 2.27 bits per heavy atom. The molecule has 0 saturated carbocycles. The zero-order valence-electron chi connectivity index (χ0n) is 9.06. The molecule has 0 fully saturated rings. The summed E-state index contributed by atoms with van der Waals surface area (Å²) in [5.74, 6) is -0.931. The van der Waals surface area contributed by atoms with Crippen molar-refractivity contribution in [2.45, 2.75) is 13.8 Å². The molecule has 4 nitrogen and oxygen atoms in total. The van der Waals surface area contributed by atoms with Gasteiger partial charge in [-0.25, -0.2) is 4.79 Å². The second kappa shape index (κ2) is 4.59. The second-order valence-corrected chi connectivity index (χ2v) is 3.37. The number of carboxylic acids is 1. The van der Waals surface area contributed by atoms with E-state index in [1.165, 1.54) is 6.08 Å². The van der Waals surface area contributed by atoms with Crippen molar-refractivity contribution in [3.8, 4) is 0 Å². The molecule has 0 radical (unpaired) electrons. The molecule has 1 rings (SSSR count). The first-order valence-corrected chi connectivity index (χ1v) is 4.58. The molecule has 0 spiro atoms. The minimum Gasteiger partial charge on any atom is -0.478 e. The summed E-state index contributed by atoms with van der Waals surface area (Å²) in [6.45, 7) is 3.71. The molecule has 1 heterocycles. The van der Waals surface area contributed by atoms with E-state index in [0.29, 0.717) is 5.57 Å². The van der Waals surface area contributed by atoms with E-state index in [9.17, 15) is 4.79 Å². The zero-order valence-corrected chi connectivity index (χ0v) is 9.06. The van der Waals surface area contributed by atoms with E-state index in [0.717, 1.165) is 11.3 Å². The van der Waals surface area contributed by atoms with Crippen LogP contribution in [0.4, 0.5) is 0 Å². The summed E-state index contributed by atoms with van der Waals surface area (Å²) in [6.07, 6.45) is 6.54. The second-order valence-electron chi connectivity index (χ2n) is 3.37. The van der Waals surface area contributed by atoms with Gasteiger partial charge >= 0.3 is 5.97 Å². The molecule has 0 bridgehead atoms. The van der Waals surface area contributed by atoms with Crippen LogP contribution in [0.3, 0.4) is 0 Å². The van der Waals surface area contributed by atoms with Gasteiger partial charge in [-0.1, -0.05) is 12.2 Å². The van der Waals surface area contributed by atoms with Crippen molar-refractivity contribution in [3.05, 3.63) is 35.2 Å². The number of nitrogens with zero attached hydrogens (tertiary/aromatic N) is 2. The number of aromatic nitrogens is 2. The molecule has 0 unspecified atom stereocenters. The average molecular weight is 206 g/mol. The quantitative estimate of drug-likeness (QED) is 0.605. The number of aryl methyl sites for hydroxylation is 1. The van der Waals surface area contributed by atoms with Crippen LogP contribution in [-0.2, 0) is 11.8 Å². The van der Waals surface area contributed by atoms with Crippen molar-refractivity contribution >= 4 is 12.0 Å². The van der Waals surface area contributed by atoms with Crippen molar-refractivity contribution in [1.29, 1.82) is 0 Å². The van der Waals surface area contributed by atoms with Crippen LogP contribution in [0.25, 0.3) is 6.08 Å². The van der Waals surface area contributed by atoms with Crippen molar-refractivity contribution < 1.29 is 9.90 Å². The number of aliphatic carboxylic acids is 1. The highest BCUT2D eigenvalue weighted by Crippen LogP contribution is 2.09. The van der Waals surface area contributed by atoms with Gasteiger partial charge in [0.25, 0.3) is 0 Å². The third-order valence-corrected chi connectivity index (χ3v) is 2.15. The third-order valence-electron chi connectivity index (χ3n) is 2.15. The van der Waals surface area contributed by atoms with Crippen LogP contribution < -0.4 is 0 Å². The Hall–Kier alpha value is -1.84. The Labute approximate surface area is 88.5 Å². The van der Waals surface area contributed by atoms with E-state index in [1.54, 1.807) is 23.9 Å². The molecule has 1 aromatic heterocycles. The molecule has 0 saturated heterocycles. The zero-order chi connectivity index (χ0) is 11.4. The minimum atomic E-state index is -0.931. The van der Waals surface area contributed by atoms with Crippen molar-refractivity contribution in [3.63, 3.8) is 0 Å². The summed E-state index contributed by atoms with van der Waals surface area (Å²) < 4.78 is 1.77. The van der Waals surface area contributed by atoms with E-state index >= 15 is 0 Å². The van der Waals surface area contributed by atoms with Gasteiger partial charge in [-0.15, -0.1) is 0 Å². The summed E-state index contributed by atoms with van der Waals surface area (Å²) in [6, 6.07) is 0. The predicted octanol–water partition coefficient (Wildman–Crippen LogP) is 1.77. The largest absolute Gasteiger partial charge is 0.478 e. The molecule has 4 heteroatoms. The Kier molecular flexibility index (Phi) is 3.44. The lowest BCUT2D eigenvalue weighted by Gasteiger charge is -1.94. The van der Waals surface area contributed by atoms with Crippen molar-refractivity contribution in [1.82, 2.24) is 9.78 Å². The molecular formula is C11H14N2O2. The maximum atomic E-state index is 10.4. The molecular weight excluding hydrogens is 192 g/mol. The monoisotopic (exact) mass is 206 g/mol. The first-order valence-electron chi connectivity index (χ1n) is 4.58.